The van der Waals surface area contributed by atoms with Gasteiger partial charge in [-0.15, -0.1) is 5.06 Å². The lowest BCUT2D eigenvalue weighted by Crippen LogP contribution is -2.33. The van der Waals surface area contributed by atoms with Crippen molar-refractivity contribution in [1.82, 2.24) is 5.06 Å². The highest BCUT2D eigenvalue weighted by atomic mass is 32.2. The van der Waals surface area contributed by atoms with Gasteiger partial charge in [-0.25, -0.2) is 13.2 Å². The van der Waals surface area contributed by atoms with Crippen LogP contribution in [0, 0.1) is 12.8 Å². The zero-order chi connectivity index (χ0) is 23.1. The molecule has 6 nitrogen and oxygen atoms in total. The molecule has 32 heavy (non-hydrogen) atoms. The number of hydrogen-bond acceptors (Lipinski definition) is 6. The van der Waals surface area contributed by atoms with Gasteiger partial charge in [0.15, 0.2) is 0 Å². The van der Waals surface area contributed by atoms with Gasteiger partial charge < -0.3 is 9.25 Å². The first kappa shape index (κ1) is 22.3. The smallest absolute Gasteiger partial charge is 0.464 e. The van der Waals surface area contributed by atoms with Gasteiger partial charge in [0.2, 0.25) is 9.84 Å². The number of rotatable bonds is 5. The van der Waals surface area contributed by atoms with E-state index in [1.807, 2.05) is 6.92 Å². The fourth-order valence-corrected chi connectivity index (χ4v) is 5.16. The number of sulfone groups is 1. The molecule has 3 aromatic rings. The summed E-state index contributed by atoms with van der Waals surface area (Å²) in [6, 6.07) is 11.3. The Kier molecular flexibility index (Phi) is 5.76. The van der Waals surface area contributed by atoms with Crippen molar-refractivity contribution in [2.45, 2.75) is 35.7 Å². The van der Waals surface area contributed by atoms with Gasteiger partial charge in [-0.2, -0.15) is 13.2 Å². The average molecular weight is 467 g/mol. The SMILES string of the molecule is Cc1ccc(S(=O)(=O)c2cc(CC3CCN(OC(=O)C(F)(F)F)C3)c3occc3c2)cc1. The number of fused-ring (bicyclic) bond motifs is 1. The highest BCUT2D eigenvalue weighted by Crippen LogP contribution is 2.32. The van der Waals surface area contributed by atoms with Crippen LogP contribution in [0.1, 0.15) is 17.5 Å². The van der Waals surface area contributed by atoms with E-state index >= 15 is 0 Å². The molecular formula is C22H20F3NO5S. The van der Waals surface area contributed by atoms with Gasteiger partial charge in [-0.05, 0) is 61.6 Å². The molecule has 0 spiro atoms. The predicted molar refractivity (Wildman–Crippen MR) is 108 cm³/mol. The Bertz CT molecular complexity index is 1250. The van der Waals surface area contributed by atoms with Gasteiger partial charge in [0.25, 0.3) is 0 Å². The van der Waals surface area contributed by atoms with Crippen LogP contribution in [-0.4, -0.2) is 38.7 Å². The zero-order valence-corrected chi connectivity index (χ0v) is 17.9. The summed E-state index contributed by atoms with van der Waals surface area (Å²) in [5.74, 6) is -2.39. The van der Waals surface area contributed by atoms with Crippen LogP contribution in [-0.2, 0) is 25.9 Å². The monoisotopic (exact) mass is 467 g/mol. The Morgan fingerprint density at radius 3 is 2.56 bits per heavy atom. The molecule has 2 heterocycles. The number of benzene rings is 2. The fourth-order valence-electron chi connectivity index (χ4n) is 3.81. The van der Waals surface area contributed by atoms with Crippen LogP contribution in [0.3, 0.4) is 0 Å². The minimum atomic E-state index is -5.06. The van der Waals surface area contributed by atoms with E-state index in [2.05, 4.69) is 4.84 Å². The van der Waals surface area contributed by atoms with Crippen molar-refractivity contribution < 1.29 is 35.6 Å². The van der Waals surface area contributed by atoms with E-state index in [0.717, 1.165) is 10.6 Å². The summed E-state index contributed by atoms with van der Waals surface area (Å²) in [6.45, 7) is 2.14. The summed E-state index contributed by atoms with van der Waals surface area (Å²) in [5, 5.41) is 1.61. The van der Waals surface area contributed by atoms with Crippen molar-refractivity contribution in [2.24, 2.45) is 5.92 Å². The Hall–Kier alpha value is -2.85. The van der Waals surface area contributed by atoms with E-state index in [1.54, 1.807) is 42.5 Å². The topological polar surface area (TPSA) is 76.8 Å². The molecule has 0 amide bonds. The number of carbonyl (C=O) groups excluding carboxylic acids is 1. The molecule has 10 heteroatoms. The zero-order valence-electron chi connectivity index (χ0n) is 17.1. The second-order valence-corrected chi connectivity index (χ2v) is 9.81. The highest BCUT2D eigenvalue weighted by molar-refractivity contribution is 7.91. The molecule has 0 saturated carbocycles. The first-order chi connectivity index (χ1) is 15.0. The van der Waals surface area contributed by atoms with Gasteiger partial charge in [0, 0.05) is 18.5 Å². The van der Waals surface area contributed by atoms with E-state index in [0.29, 0.717) is 29.4 Å². The summed E-state index contributed by atoms with van der Waals surface area (Å²) in [5.41, 5.74) is 2.10. The van der Waals surface area contributed by atoms with E-state index in [4.69, 9.17) is 4.42 Å². The van der Waals surface area contributed by atoms with E-state index in [-0.39, 0.29) is 28.8 Å². The van der Waals surface area contributed by atoms with E-state index < -0.39 is 22.0 Å². The standard InChI is InChI=1S/C22H20F3NO5S/c1-14-2-4-18(5-3-14)32(28,29)19-11-16-7-9-30-20(16)17(12-19)10-15-6-8-26(13-15)31-21(27)22(23,24)25/h2-5,7,9,11-12,15H,6,8,10,13H2,1H3. The lowest BCUT2D eigenvalue weighted by atomic mass is 9.97. The predicted octanol–water partition coefficient (Wildman–Crippen LogP) is 4.46. The average Bonchev–Trinajstić information content (AvgIpc) is 3.37. The number of hydrogen-bond donors (Lipinski definition) is 0. The van der Waals surface area contributed by atoms with Crippen LogP contribution in [0.5, 0.6) is 0 Å². The molecule has 0 aliphatic carbocycles. The minimum absolute atomic E-state index is 0.110. The van der Waals surface area contributed by atoms with Crippen molar-refractivity contribution in [3.8, 4) is 0 Å². The van der Waals surface area contributed by atoms with Crippen LogP contribution >= 0.6 is 0 Å². The number of furan rings is 1. The summed E-state index contributed by atoms with van der Waals surface area (Å²) in [7, 11) is -3.77. The minimum Gasteiger partial charge on any atom is -0.464 e. The Morgan fingerprint density at radius 1 is 1.16 bits per heavy atom. The number of carbonyl (C=O) groups is 1. The third-order valence-electron chi connectivity index (χ3n) is 5.44. The van der Waals surface area contributed by atoms with Gasteiger partial charge in [-0.3, -0.25) is 0 Å². The van der Waals surface area contributed by atoms with E-state index in [1.165, 1.54) is 6.26 Å². The lowest BCUT2D eigenvalue weighted by molar-refractivity contribution is -0.235. The van der Waals surface area contributed by atoms with Gasteiger partial charge in [-0.1, -0.05) is 17.7 Å². The molecule has 1 aliphatic rings. The van der Waals surface area contributed by atoms with Gasteiger partial charge >= 0.3 is 12.1 Å². The molecule has 1 unspecified atom stereocenters. The molecule has 0 bridgehead atoms. The second kappa shape index (κ2) is 8.25. The van der Waals surface area contributed by atoms with Crippen LogP contribution in [0.15, 0.2) is 62.9 Å². The molecule has 170 valence electrons. The maximum Gasteiger partial charge on any atom is 0.492 e. The van der Waals surface area contributed by atoms with Gasteiger partial charge in [0.1, 0.15) is 5.58 Å². The molecule has 1 fully saturated rings. The van der Waals surface area contributed by atoms with Crippen molar-refractivity contribution in [3.05, 3.63) is 59.9 Å². The maximum atomic E-state index is 13.2. The molecule has 1 aliphatic heterocycles. The molecule has 4 rings (SSSR count). The Morgan fingerprint density at radius 2 is 1.88 bits per heavy atom. The Balaban J connectivity index is 1.58. The normalized spacial score (nSPS) is 17.7. The highest BCUT2D eigenvalue weighted by Gasteiger charge is 2.43. The summed E-state index contributed by atoms with van der Waals surface area (Å²) < 4.78 is 69.2. The molecule has 1 atom stereocenters. The van der Waals surface area contributed by atoms with Crippen LogP contribution in [0.2, 0.25) is 0 Å². The fraction of sp³-hybridized carbons (Fsp3) is 0.318. The quantitative estimate of drug-likeness (QED) is 0.552. The van der Waals surface area contributed by atoms with Crippen LogP contribution in [0.4, 0.5) is 13.2 Å². The number of nitrogens with zero attached hydrogens (tertiary/aromatic N) is 1. The summed E-state index contributed by atoms with van der Waals surface area (Å²) >= 11 is 0. The largest absolute Gasteiger partial charge is 0.492 e. The van der Waals surface area contributed by atoms with Crippen molar-refractivity contribution >= 4 is 26.8 Å². The van der Waals surface area contributed by atoms with Crippen molar-refractivity contribution in [2.75, 3.05) is 13.1 Å². The maximum absolute atomic E-state index is 13.2. The number of alkyl halides is 3. The van der Waals surface area contributed by atoms with Crippen LogP contribution < -0.4 is 0 Å². The molecule has 1 saturated heterocycles. The number of hydroxylamine groups is 2. The lowest BCUT2D eigenvalue weighted by Gasteiger charge is -2.16. The van der Waals surface area contributed by atoms with E-state index in [9.17, 15) is 26.4 Å². The van der Waals surface area contributed by atoms with Crippen molar-refractivity contribution in [3.63, 3.8) is 0 Å². The first-order valence-corrected chi connectivity index (χ1v) is 11.4. The molecule has 0 radical (unpaired) electrons. The molecule has 2 aromatic carbocycles. The number of halogens is 3. The molecule has 0 N–H and O–H groups in total. The van der Waals surface area contributed by atoms with Gasteiger partial charge in [0.05, 0.1) is 16.1 Å². The third kappa shape index (κ3) is 4.51. The molecule has 1 aromatic heterocycles. The second-order valence-electron chi connectivity index (χ2n) is 7.86. The summed E-state index contributed by atoms with van der Waals surface area (Å²) in [4.78, 5) is 15.8. The van der Waals surface area contributed by atoms with Crippen molar-refractivity contribution in [1.29, 1.82) is 0 Å². The first-order valence-electron chi connectivity index (χ1n) is 9.90. The van der Waals surface area contributed by atoms with Crippen LogP contribution in [0.25, 0.3) is 11.0 Å². The summed E-state index contributed by atoms with van der Waals surface area (Å²) in [6.07, 6.45) is -2.75. The molecular weight excluding hydrogens is 447 g/mol. The third-order valence-corrected chi connectivity index (χ3v) is 7.19. The Labute approximate surface area is 182 Å². The number of aryl methyl sites for hydroxylation is 1.